The number of carbonyl (C=O) groups excluding carboxylic acids is 3. The van der Waals surface area contributed by atoms with Crippen molar-refractivity contribution < 1.29 is 28.6 Å². The van der Waals surface area contributed by atoms with E-state index in [2.05, 4.69) is 29.8 Å². The van der Waals surface area contributed by atoms with Gasteiger partial charge in [-0.05, 0) is 58.6 Å². The molecule has 47 heavy (non-hydrogen) atoms. The molecule has 3 heterocycles. The van der Waals surface area contributed by atoms with Crippen molar-refractivity contribution in [2.24, 2.45) is 5.92 Å². The van der Waals surface area contributed by atoms with Gasteiger partial charge in [-0.2, -0.15) is 0 Å². The summed E-state index contributed by atoms with van der Waals surface area (Å²) in [6, 6.07) is 6.29. The van der Waals surface area contributed by atoms with Gasteiger partial charge in [0.25, 0.3) is 0 Å². The largest absolute Gasteiger partial charge is 0.497 e. The molecule has 5 rings (SSSR count). The summed E-state index contributed by atoms with van der Waals surface area (Å²) in [5.41, 5.74) is 0.850. The Balaban J connectivity index is 1.39. The lowest BCUT2D eigenvalue weighted by Crippen LogP contribution is -2.56. The van der Waals surface area contributed by atoms with Crippen LogP contribution in [0.25, 0.3) is 22.3 Å². The van der Waals surface area contributed by atoms with Crippen LogP contribution >= 0.6 is 11.3 Å². The van der Waals surface area contributed by atoms with Gasteiger partial charge >= 0.3 is 12.0 Å². The van der Waals surface area contributed by atoms with Crippen molar-refractivity contribution in [3.63, 3.8) is 0 Å². The molecule has 0 saturated heterocycles. The van der Waals surface area contributed by atoms with E-state index in [1.165, 1.54) is 11.3 Å². The number of rotatable bonds is 10. The lowest BCUT2D eigenvalue weighted by Gasteiger charge is -2.26. The van der Waals surface area contributed by atoms with E-state index in [4.69, 9.17) is 24.2 Å². The smallest absolute Gasteiger partial charge is 0.332 e. The molecule has 1 fully saturated rings. The second kappa shape index (κ2) is 15.0. The minimum absolute atomic E-state index is 0.0968. The quantitative estimate of drug-likeness (QED) is 0.198. The number of nitrogens with zero attached hydrogens (tertiary/aromatic N) is 3. The van der Waals surface area contributed by atoms with Crippen LogP contribution in [0.4, 0.5) is 9.93 Å². The number of nitrogens with one attached hydrogen (secondary N) is 3. The van der Waals surface area contributed by atoms with Crippen LogP contribution in [0, 0.1) is 5.92 Å². The van der Waals surface area contributed by atoms with Crippen molar-refractivity contribution in [2.75, 3.05) is 39.2 Å². The minimum atomic E-state index is -1.14. The first kappa shape index (κ1) is 34.0. The van der Waals surface area contributed by atoms with Crippen molar-refractivity contribution in [3.05, 3.63) is 41.8 Å². The summed E-state index contributed by atoms with van der Waals surface area (Å²) in [4.78, 5) is 51.1. The maximum atomic E-state index is 13.8. The van der Waals surface area contributed by atoms with Gasteiger partial charge in [0, 0.05) is 54.9 Å². The number of aromatic nitrogens is 2. The Kier molecular flexibility index (Phi) is 10.8. The third-order valence-electron chi connectivity index (χ3n) is 8.27. The Morgan fingerprint density at radius 3 is 2.79 bits per heavy atom. The number of anilines is 1. The molecule has 2 aromatic heterocycles. The van der Waals surface area contributed by atoms with Gasteiger partial charge < -0.3 is 35.1 Å². The molecule has 3 aromatic rings. The summed E-state index contributed by atoms with van der Waals surface area (Å²) < 4.78 is 17.1. The number of urea groups is 1. The van der Waals surface area contributed by atoms with E-state index in [9.17, 15) is 14.4 Å². The molecule has 1 aliphatic heterocycles. The Morgan fingerprint density at radius 2 is 2.02 bits per heavy atom. The summed E-state index contributed by atoms with van der Waals surface area (Å²) in [6.07, 6.45) is 7.19. The number of hydrogen-bond donors (Lipinski definition) is 3. The zero-order valence-electron chi connectivity index (χ0n) is 27.6. The topological polar surface area (TPSA) is 144 Å². The van der Waals surface area contributed by atoms with Crippen LogP contribution in [0.5, 0.6) is 11.5 Å². The van der Waals surface area contributed by atoms with Crippen LogP contribution < -0.4 is 25.4 Å². The van der Waals surface area contributed by atoms with E-state index >= 15 is 0 Å². The summed E-state index contributed by atoms with van der Waals surface area (Å²) in [5, 5.41) is 12.6. The third kappa shape index (κ3) is 8.13. The van der Waals surface area contributed by atoms with E-state index in [1.807, 2.05) is 41.8 Å². The van der Waals surface area contributed by atoms with Crippen molar-refractivity contribution in [2.45, 2.75) is 70.5 Å². The van der Waals surface area contributed by atoms with Gasteiger partial charge in [0.2, 0.25) is 5.91 Å². The zero-order valence-corrected chi connectivity index (χ0v) is 28.4. The molecular formula is C34H44N6O6S. The first-order valence-electron chi connectivity index (χ1n) is 16.1. The second-order valence-corrected chi connectivity index (χ2v) is 13.1. The van der Waals surface area contributed by atoms with Crippen molar-refractivity contribution >= 4 is 45.3 Å². The Hall–Kier alpha value is -4.39. The highest BCUT2D eigenvalue weighted by molar-refractivity contribution is 7.14. The molecule has 252 valence electrons. The standard InChI is InChI=1S/C34H44N6O6S/c1-6-45-31(42)34-19-22(34)11-9-7-8-10-15-40(4)33(43)38-25(30(41)39-34)14-16-46-29-18-27(28-20-47-32(37-28)35-21(2)3)36-26-17-23(44-5)12-13-24(26)29/h9,11-13,17-18,20-22,25H,6-8,10,14-16,19H2,1-5H3,(H,35,37)(H,38,43)(H,39,41)/t22-,25+,34-/m1/s1. The molecule has 0 spiro atoms. The second-order valence-electron chi connectivity index (χ2n) is 12.2. The van der Waals surface area contributed by atoms with E-state index in [-0.39, 0.29) is 37.6 Å². The fraction of sp³-hybridized carbons (Fsp3) is 0.500. The number of fused-ring (bicyclic) bond motifs is 2. The SMILES string of the molecule is CCOC(=O)[C@@]12C[C@H]1C=CCCCCN(C)C(=O)N[C@@H](CCOc1cc(-c3csc(NC(C)C)n3)nc3cc(OC)ccc13)C(=O)N2. The molecular weight excluding hydrogens is 620 g/mol. The fourth-order valence-corrected chi connectivity index (χ4v) is 6.41. The Morgan fingerprint density at radius 1 is 1.19 bits per heavy atom. The number of ether oxygens (including phenoxy) is 3. The van der Waals surface area contributed by atoms with Gasteiger partial charge in [-0.3, -0.25) is 4.79 Å². The number of hydrogen-bond acceptors (Lipinski definition) is 10. The summed E-state index contributed by atoms with van der Waals surface area (Å²) >= 11 is 1.50. The monoisotopic (exact) mass is 664 g/mol. The molecule has 12 nitrogen and oxygen atoms in total. The van der Waals surface area contributed by atoms with Crippen LogP contribution in [-0.2, 0) is 14.3 Å². The first-order valence-corrected chi connectivity index (χ1v) is 17.0. The highest BCUT2D eigenvalue weighted by Crippen LogP contribution is 2.46. The summed E-state index contributed by atoms with van der Waals surface area (Å²) in [5.74, 6) is 0.117. The number of allylic oxidation sites excluding steroid dienone is 1. The van der Waals surface area contributed by atoms with Crippen molar-refractivity contribution in [3.8, 4) is 22.9 Å². The van der Waals surface area contributed by atoms with Gasteiger partial charge in [-0.1, -0.05) is 12.2 Å². The van der Waals surface area contributed by atoms with Crippen LogP contribution in [0.2, 0.25) is 0 Å². The molecule has 0 unspecified atom stereocenters. The van der Waals surface area contributed by atoms with Crippen molar-refractivity contribution in [1.29, 1.82) is 0 Å². The summed E-state index contributed by atoms with van der Waals surface area (Å²) in [7, 11) is 3.31. The molecule has 0 bridgehead atoms. The predicted molar refractivity (Wildman–Crippen MR) is 182 cm³/mol. The number of pyridine rings is 1. The number of thiazole rings is 1. The predicted octanol–water partition coefficient (Wildman–Crippen LogP) is 5.14. The van der Waals surface area contributed by atoms with E-state index < -0.39 is 23.5 Å². The average molecular weight is 665 g/mol. The van der Waals surface area contributed by atoms with Gasteiger partial charge in [0.15, 0.2) is 5.13 Å². The van der Waals surface area contributed by atoms with Gasteiger partial charge in [0.1, 0.15) is 28.8 Å². The van der Waals surface area contributed by atoms with Crippen LogP contribution in [0.1, 0.15) is 52.9 Å². The lowest BCUT2D eigenvalue weighted by atomic mass is 10.1. The summed E-state index contributed by atoms with van der Waals surface area (Å²) in [6.45, 7) is 6.70. The molecule has 2 aliphatic rings. The van der Waals surface area contributed by atoms with Crippen molar-refractivity contribution in [1.82, 2.24) is 25.5 Å². The maximum absolute atomic E-state index is 13.8. The molecule has 1 aliphatic carbocycles. The first-order chi connectivity index (χ1) is 22.6. The molecule has 3 atom stereocenters. The molecule has 3 amide bonds. The molecule has 3 N–H and O–H groups in total. The Labute approximate surface area is 279 Å². The zero-order chi connectivity index (χ0) is 33.6. The van der Waals surface area contributed by atoms with Crippen LogP contribution in [0.3, 0.4) is 0 Å². The Bertz CT molecular complexity index is 1630. The number of methoxy groups -OCH3 is 1. The number of benzene rings is 1. The molecule has 13 heteroatoms. The molecule has 1 saturated carbocycles. The van der Waals surface area contributed by atoms with Gasteiger partial charge in [-0.15, -0.1) is 11.3 Å². The van der Waals surface area contributed by atoms with Gasteiger partial charge in [-0.25, -0.2) is 19.6 Å². The maximum Gasteiger partial charge on any atom is 0.332 e. The number of carbonyl (C=O) groups is 3. The average Bonchev–Trinajstić information content (AvgIpc) is 3.54. The van der Waals surface area contributed by atoms with Gasteiger partial charge in [0.05, 0.1) is 31.5 Å². The minimum Gasteiger partial charge on any atom is -0.497 e. The van der Waals surface area contributed by atoms with E-state index in [0.29, 0.717) is 41.4 Å². The van der Waals surface area contributed by atoms with Crippen LogP contribution in [0.15, 0.2) is 41.8 Å². The molecule has 1 aromatic carbocycles. The van der Waals surface area contributed by atoms with E-state index in [1.54, 1.807) is 26.0 Å². The number of esters is 1. The van der Waals surface area contributed by atoms with E-state index in [0.717, 1.165) is 29.8 Å². The highest BCUT2D eigenvalue weighted by atomic mass is 32.1. The number of amides is 3. The third-order valence-corrected chi connectivity index (χ3v) is 9.04. The normalized spacial score (nSPS) is 21.8. The fourth-order valence-electron chi connectivity index (χ4n) is 5.56. The molecule has 0 radical (unpaired) electrons. The highest BCUT2D eigenvalue weighted by Gasteiger charge is 2.61. The lowest BCUT2D eigenvalue weighted by molar-refractivity contribution is -0.149. The van der Waals surface area contributed by atoms with Crippen LogP contribution in [-0.4, -0.2) is 84.3 Å².